The lowest BCUT2D eigenvalue weighted by molar-refractivity contribution is 0.281. The van der Waals surface area contributed by atoms with Crippen molar-refractivity contribution in [2.24, 2.45) is 0 Å². The fourth-order valence-electron chi connectivity index (χ4n) is 3.00. The first-order valence-electron chi connectivity index (χ1n) is 8.86. The predicted molar refractivity (Wildman–Crippen MR) is 109 cm³/mol. The molecular formula is C24H23NO. The van der Waals surface area contributed by atoms with E-state index in [0.29, 0.717) is 0 Å². The normalized spacial score (nSPS) is 12.1. The molecule has 0 amide bonds. The van der Waals surface area contributed by atoms with E-state index in [-0.39, 0.29) is 12.6 Å². The third-order valence-corrected chi connectivity index (χ3v) is 4.43. The molecule has 0 aromatic heterocycles. The van der Waals surface area contributed by atoms with Crippen LogP contribution in [0.5, 0.6) is 0 Å². The van der Waals surface area contributed by atoms with Crippen LogP contribution < -0.4 is 5.32 Å². The first-order chi connectivity index (χ1) is 12.8. The Morgan fingerprint density at radius 3 is 2.65 bits per heavy atom. The smallest absolute Gasteiger partial charge is 0.0694 e. The minimum absolute atomic E-state index is 0.0126. The van der Waals surface area contributed by atoms with E-state index in [1.807, 2.05) is 36.4 Å². The maximum Gasteiger partial charge on any atom is 0.0694 e. The minimum atomic E-state index is 0.0126. The van der Waals surface area contributed by atoms with E-state index in [2.05, 4.69) is 66.5 Å². The standard InChI is InChI=1S/C24H23NO/c1-19(23-16-9-14-21-12-6-7-15-24(21)23)25-17-8-2-3-10-20-11-4-5-13-22(20)18-26/h2,4-9,11-16,19,25-26H,17-18H2,1H3/t19-/m1/s1. The Bertz CT molecular complexity index is 957. The number of aliphatic hydroxyl groups is 1. The third kappa shape index (κ3) is 4.40. The highest BCUT2D eigenvalue weighted by molar-refractivity contribution is 5.86. The molecular weight excluding hydrogens is 318 g/mol. The van der Waals surface area contributed by atoms with E-state index in [9.17, 15) is 5.11 Å². The quantitative estimate of drug-likeness (QED) is 0.665. The first kappa shape index (κ1) is 17.9. The van der Waals surface area contributed by atoms with Gasteiger partial charge in [-0.3, -0.25) is 0 Å². The van der Waals surface area contributed by atoms with Gasteiger partial charge in [-0.05, 0) is 41.0 Å². The van der Waals surface area contributed by atoms with Crippen LogP contribution in [0.15, 0.2) is 78.9 Å². The second-order valence-electron chi connectivity index (χ2n) is 6.19. The summed E-state index contributed by atoms with van der Waals surface area (Å²) in [4.78, 5) is 0. The van der Waals surface area contributed by atoms with Crippen LogP contribution in [-0.4, -0.2) is 11.7 Å². The monoisotopic (exact) mass is 341 g/mol. The molecule has 3 aromatic carbocycles. The van der Waals surface area contributed by atoms with Gasteiger partial charge >= 0.3 is 0 Å². The van der Waals surface area contributed by atoms with Crippen LogP contribution in [0.2, 0.25) is 0 Å². The van der Waals surface area contributed by atoms with Gasteiger partial charge in [0.2, 0.25) is 0 Å². The fraction of sp³-hybridized carbons (Fsp3) is 0.167. The molecule has 0 aliphatic carbocycles. The molecule has 0 bridgehead atoms. The van der Waals surface area contributed by atoms with Crippen LogP contribution in [0.3, 0.4) is 0 Å². The van der Waals surface area contributed by atoms with Crippen molar-refractivity contribution in [3.63, 3.8) is 0 Å². The number of aliphatic hydroxyl groups excluding tert-OH is 1. The van der Waals surface area contributed by atoms with Gasteiger partial charge in [-0.15, -0.1) is 0 Å². The van der Waals surface area contributed by atoms with Crippen LogP contribution >= 0.6 is 0 Å². The number of nitrogens with one attached hydrogen (secondary N) is 1. The topological polar surface area (TPSA) is 32.3 Å². The van der Waals surface area contributed by atoms with Gasteiger partial charge in [0.25, 0.3) is 0 Å². The van der Waals surface area contributed by atoms with E-state index < -0.39 is 0 Å². The highest BCUT2D eigenvalue weighted by Gasteiger charge is 2.07. The highest BCUT2D eigenvalue weighted by atomic mass is 16.3. The zero-order valence-corrected chi connectivity index (χ0v) is 14.9. The molecule has 0 heterocycles. The molecule has 0 aliphatic rings. The van der Waals surface area contributed by atoms with Crippen molar-refractivity contribution in [2.75, 3.05) is 6.54 Å². The lowest BCUT2D eigenvalue weighted by Crippen LogP contribution is -2.18. The summed E-state index contributed by atoms with van der Waals surface area (Å²) in [6.07, 6.45) is 3.88. The Morgan fingerprint density at radius 2 is 1.77 bits per heavy atom. The van der Waals surface area contributed by atoms with Crippen molar-refractivity contribution in [2.45, 2.75) is 19.6 Å². The predicted octanol–water partition coefficient (Wildman–Crippen LogP) is 4.59. The van der Waals surface area contributed by atoms with E-state index >= 15 is 0 Å². The van der Waals surface area contributed by atoms with Crippen LogP contribution in [0.1, 0.15) is 29.7 Å². The van der Waals surface area contributed by atoms with Gasteiger partial charge in [-0.2, -0.15) is 0 Å². The summed E-state index contributed by atoms with van der Waals surface area (Å²) in [5.41, 5.74) is 3.03. The molecule has 0 fully saturated rings. The Hall–Kier alpha value is -2.86. The lowest BCUT2D eigenvalue weighted by atomic mass is 10.00. The molecule has 1 atom stereocenters. The molecule has 0 saturated carbocycles. The first-order valence-corrected chi connectivity index (χ1v) is 8.86. The SMILES string of the molecule is C[C@@H](NCC=CC#Cc1ccccc1CO)c1cccc2ccccc12. The molecule has 2 nitrogen and oxygen atoms in total. The molecule has 130 valence electrons. The second kappa shape index (κ2) is 9.01. The summed E-state index contributed by atoms with van der Waals surface area (Å²) in [5, 5.41) is 15.4. The van der Waals surface area contributed by atoms with Gasteiger partial charge in [-0.25, -0.2) is 0 Å². The molecule has 3 aromatic rings. The van der Waals surface area contributed by atoms with Crippen molar-refractivity contribution >= 4 is 10.8 Å². The summed E-state index contributed by atoms with van der Waals surface area (Å²) < 4.78 is 0. The summed E-state index contributed by atoms with van der Waals surface area (Å²) in [6.45, 7) is 2.94. The second-order valence-corrected chi connectivity index (χ2v) is 6.19. The Kier molecular flexibility index (Phi) is 6.22. The average molecular weight is 341 g/mol. The summed E-state index contributed by atoms with van der Waals surface area (Å²) >= 11 is 0. The van der Waals surface area contributed by atoms with Crippen molar-refractivity contribution in [3.05, 3.63) is 95.6 Å². The summed E-state index contributed by atoms with van der Waals surface area (Å²) in [6, 6.07) is 22.8. The average Bonchev–Trinajstić information content (AvgIpc) is 2.70. The molecule has 0 aliphatic heterocycles. The van der Waals surface area contributed by atoms with Crippen molar-refractivity contribution in [1.29, 1.82) is 0 Å². The van der Waals surface area contributed by atoms with E-state index in [4.69, 9.17) is 0 Å². The molecule has 0 radical (unpaired) electrons. The van der Waals surface area contributed by atoms with Crippen molar-refractivity contribution < 1.29 is 5.11 Å². The maximum atomic E-state index is 9.31. The van der Waals surface area contributed by atoms with Crippen LogP contribution in [0.4, 0.5) is 0 Å². The molecule has 2 heteroatoms. The minimum Gasteiger partial charge on any atom is -0.392 e. The molecule has 0 saturated heterocycles. The summed E-state index contributed by atoms with van der Waals surface area (Å²) in [5.74, 6) is 6.12. The fourth-order valence-corrected chi connectivity index (χ4v) is 3.00. The zero-order chi connectivity index (χ0) is 18.2. The zero-order valence-electron chi connectivity index (χ0n) is 14.9. The van der Waals surface area contributed by atoms with Gasteiger partial charge in [0, 0.05) is 18.2 Å². The number of rotatable bonds is 5. The van der Waals surface area contributed by atoms with Gasteiger partial charge in [-0.1, -0.05) is 78.6 Å². The Labute approximate surface area is 155 Å². The van der Waals surface area contributed by atoms with E-state index in [1.165, 1.54) is 16.3 Å². The molecule has 0 unspecified atom stereocenters. The van der Waals surface area contributed by atoms with Crippen molar-refractivity contribution in [3.8, 4) is 11.8 Å². The molecule has 26 heavy (non-hydrogen) atoms. The number of benzene rings is 3. The van der Waals surface area contributed by atoms with Gasteiger partial charge in [0.15, 0.2) is 0 Å². The number of hydrogen-bond donors (Lipinski definition) is 2. The van der Waals surface area contributed by atoms with Gasteiger partial charge in [0.05, 0.1) is 6.61 Å². The van der Waals surface area contributed by atoms with Gasteiger partial charge < -0.3 is 10.4 Å². The summed E-state index contributed by atoms with van der Waals surface area (Å²) in [7, 11) is 0. The molecule has 0 spiro atoms. The van der Waals surface area contributed by atoms with E-state index in [0.717, 1.165) is 17.7 Å². The number of hydrogen-bond acceptors (Lipinski definition) is 2. The Morgan fingerprint density at radius 1 is 1.00 bits per heavy atom. The Balaban J connectivity index is 1.60. The van der Waals surface area contributed by atoms with Crippen LogP contribution in [0, 0.1) is 11.8 Å². The number of allylic oxidation sites excluding steroid dienone is 1. The largest absolute Gasteiger partial charge is 0.392 e. The molecule has 2 N–H and O–H groups in total. The van der Waals surface area contributed by atoms with Crippen LogP contribution in [0.25, 0.3) is 10.8 Å². The molecule has 3 rings (SSSR count). The van der Waals surface area contributed by atoms with Crippen LogP contribution in [-0.2, 0) is 6.61 Å². The maximum absolute atomic E-state index is 9.31. The lowest BCUT2D eigenvalue weighted by Gasteiger charge is -2.15. The van der Waals surface area contributed by atoms with Crippen molar-refractivity contribution in [1.82, 2.24) is 5.32 Å². The van der Waals surface area contributed by atoms with Gasteiger partial charge in [0.1, 0.15) is 0 Å². The highest BCUT2D eigenvalue weighted by Crippen LogP contribution is 2.23. The number of fused-ring (bicyclic) bond motifs is 1. The van der Waals surface area contributed by atoms with E-state index in [1.54, 1.807) is 0 Å². The third-order valence-electron chi connectivity index (χ3n) is 4.43.